The standard InChI is InChI=1S/C27H30N2O.C6H5.3C2H6.Y/c1-19(30)18-29-23-15-10-8-13-21(23)27(4,5)25(29)17-11-16-24-26(2,3)20-12-7-9-14-22(20)28(24)6;1-2-4-6-5-3-1;3*1-2;/h7-17H,6,18H2,1-5H3;1-5H;3*1-2H3;/q;-1;;;;. The van der Waals surface area contributed by atoms with E-state index in [0.717, 1.165) is 22.8 Å². The second-order valence-electron chi connectivity index (χ2n) is 10.4. The van der Waals surface area contributed by atoms with E-state index in [2.05, 4.69) is 106 Å². The zero-order valence-electron chi connectivity index (χ0n) is 28.5. The van der Waals surface area contributed by atoms with Gasteiger partial charge in [0.15, 0.2) is 0 Å². The van der Waals surface area contributed by atoms with E-state index in [1.54, 1.807) is 6.92 Å². The number of fused-ring (bicyclic) bond motifs is 2. The topological polar surface area (TPSA) is 23.3 Å². The number of allylic oxidation sites excluding steroid dienone is 4. The van der Waals surface area contributed by atoms with E-state index < -0.39 is 0 Å². The maximum Gasteiger partial charge on any atom is 0.149 e. The molecule has 0 N–H and O–H groups in total. The van der Waals surface area contributed by atoms with Crippen molar-refractivity contribution in [2.24, 2.45) is 0 Å². The molecular formula is C39H53N2OY-. The van der Waals surface area contributed by atoms with Crippen molar-refractivity contribution < 1.29 is 42.1 Å². The molecule has 0 amide bonds. The molecular weight excluding hydrogens is 601 g/mol. The van der Waals surface area contributed by atoms with Crippen LogP contribution in [0.1, 0.15) is 87.3 Å². The number of carbonyl (C=O) groups is 1. The van der Waals surface area contributed by atoms with Gasteiger partial charge < -0.3 is 9.48 Å². The first-order valence-corrected chi connectivity index (χ1v) is 15.4. The quantitative estimate of drug-likeness (QED) is 0.207. The Bertz CT molecular complexity index is 1320. The molecule has 0 saturated heterocycles. The smallest absolute Gasteiger partial charge is 0.149 e. The summed E-state index contributed by atoms with van der Waals surface area (Å²) in [5, 5.41) is 0. The normalized spacial score (nSPS) is 15.6. The van der Waals surface area contributed by atoms with Gasteiger partial charge in [-0.15, -0.1) is 0 Å². The predicted octanol–water partition coefficient (Wildman–Crippen LogP) is 10.2. The maximum atomic E-state index is 12.0. The van der Waals surface area contributed by atoms with Crippen LogP contribution in [0.2, 0.25) is 0 Å². The van der Waals surface area contributed by atoms with Gasteiger partial charge in [-0.3, -0.25) is 4.79 Å². The van der Waals surface area contributed by atoms with Crippen LogP contribution in [0.3, 0.4) is 0 Å². The van der Waals surface area contributed by atoms with Gasteiger partial charge in [0.25, 0.3) is 0 Å². The first kappa shape index (κ1) is 40.3. The number of carbonyl (C=O) groups excluding carboxylic acids is 1. The van der Waals surface area contributed by atoms with Crippen LogP contribution < -0.4 is 4.90 Å². The molecule has 0 saturated carbocycles. The number of rotatable bonds is 4. The maximum absolute atomic E-state index is 12.0. The van der Waals surface area contributed by atoms with Crippen LogP contribution in [0.25, 0.3) is 0 Å². The van der Waals surface area contributed by atoms with Crippen LogP contribution in [0.5, 0.6) is 0 Å². The van der Waals surface area contributed by atoms with E-state index in [4.69, 9.17) is 0 Å². The first-order valence-electron chi connectivity index (χ1n) is 15.4. The number of hydrogen-bond donors (Lipinski definition) is 0. The van der Waals surface area contributed by atoms with Crippen molar-refractivity contribution in [3.63, 3.8) is 0 Å². The third kappa shape index (κ3) is 9.62. The SMILES string of the molecule is CC.CC.CC.[CH2-][N+]1=C(C=CC=C2N(CC(C)=O)c3ccccc3C2(C)C)C(C)(C)c2ccccc21.[Y].[c-]1ccccc1. The Morgan fingerprint density at radius 3 is 1.84 bits per heavy atom. The summed E-state index contributed by atoms with van der Waals surface area (Å²) in [6.45, 7) is 23.0. The van der Waals surface area contributed by atoms with Crippen molar-refractivity contribution in [1.82, 2.24) is 0 Å². The van der Waals surface area contributed by atoms with Crippen LogP contribution in [-0.2, 0) is 48.3 Å². The molecule has 0 spiro atoms. The Morgan fingerprint density at radius 1 is 0.814 bits per heavy atom. The van der Waals surface area contributed by atoms with E-state index in [0.29, 0.717) is 6.54 Å². The van der Waals surface area contributed by atoms with Gasteiger partial charge >= 0.3 is 0 Å². The molecule has 0 fully saturated rings. The van der Waals surface area contributed by atoms with Crippen molar-refractivity contribution in [3.05, 3.63) is 127 Å². The summed E-state index contributed by atoms with van der Waals surface area (Å²) in [5.41, 5.74) is 6.84. The Kier molecular flexibility index (Phi) is 18.3. The number of anilines is 1. The molecule has 0 aromatic heterocycles. The molecule has 2 heterocycles. The van der Waals surface area contributed by atoms with Crippen LogP contribution in [0, 0.1) is 13.1 Å². The van der Waals surface area contributed by atoms with Crippen LogP contribution in [0.15, 0.2) is 103 Å². The minimum absolute atomic E-state index is 0. The number of ketones is 1. The zero-order valence-corrected chi connectivity index (χ0v) is 31.4. The summed E-state index contributed by atoms with van der Waals surface area (Å²) in [6, 6.07) is 29.3. The molecule has 4 heteroatoms. The molecule has 2 aliphatic heterocycles. The first-order chi connectivity index (χ1) is 20.2. The van der Waals surface area contributed by atoms with Gasteiger partial charge in [0.05, 0.1) is 12.3 Å². The monoisotopic (exact) mass is 654 g/mol. The number of para-hydroxylation sites is 2. The van der Waals surface area contributed by atoms with E-state index in [1.807, 2.05) is 82.5 Å². The molecule has 0 bridgehead atoms. The largest absolute Gasteiger partial charge is 0.337 e. The fraction of sp³-hybridized carbons (Fsp3) is 0.359. The molecule has 229 valence electrons. The number of Topliss-reactive ketones (excluding diaryl/α,β-unsaturated/α-hetero) is 1. The second kappa shape index (κ2) is 19.5. The molecule has 2 aliphatic rings. The van der Waals surface area contributed by atoms with E-state index in [1.165, 1.54) is 11.1 Å². The molecule has 43 heavy (non-hydrogen) atoms. The molecule has 3 aromatic carbocycles. The Hall–Kier alpha value is -2.75. The molecule has 0 unspecified atom stereocenters. The molecule has 3 nitrogen and oxygen atoms in total. The average molecular weight is 655 g/mol. The second-order valence-corrected chi connectivity index (χ2v) is 10.4. The summed E-state index contributed by atoms with van der Waals surface area (Å²) in [6.07, 6.45) is 6.42. The van der Waals surface area contributed by atoms with Crippen molar-refractivity contribution in [2.75, 3.05) is 11.4 Å². The van der Waals surface area contributed by atoms with Crippen LogP contribution >= 0.6 is 0 Å². The summed E-state index contributed by atoms with van der Waals surface area (Å²) < 4.78 is 2.03. The minimum Gasteiger partial charge on any atom is -0.337 e. The van der Waals surface area contributed by atoms with Crippen molar-refractivity contribution in [2.45, 2.75) is 87.0 Å². The van der Waals surface area contributed by atoms with Gasteiger partial charge in [-0.2, -0.15) is 36.4 Å². The summed E-state index contributed by atoms with van der Waals surface area (Å²) in [4.78, 5) is 14.2. The molecule has 0 atom stereocenters. The minimum atomic E-state index is -0.167. The Morgan fingerprint density at radius 2 is 1.35 bits per heavy atom. The third-order valence-corrected chi connectivity index (χ3v) is 7.09. The van der Waals surface area contributed by atoms with Gasteiger partial charge in [0, 0.05) is 62.0 Å². The predicted molar refractivity (Wildman–Crippen MR) is 184 cm³/mol. The van der Waals surface area contributed by atoms with Crippen molar-refractivity contribution in [1.29, 1.82) is 0 Å². The van der Waals surface area contributed by atoms with E-state index in [-0.39, 0.29) is 49.3 Å². The van der Waals surface area contributed by atoms with Crippen LogP contribution in [-0.4, -0.2) is 22.6 Å². The number of benzene rings is 3. The van der Waals surface area contributed by atoms with Gasteiger partial charge in [-0.05, 0) is 36.3 Å². The molecule has 0 aliphatic carbocycles. The zero-order chi connectivity index (χ0) is 31.9. The van der Waals surface area contributed by atoms with Gasteiger partial charge in [-0.25, -0.2) is 0 Å². The van der Waals surface area contributed by atoms with Gasteiger partial charge in [-0.1, -0.05) is 118 Å². The van der Waals surface area contributed by atoms with Crippen molar-refractivity contribution >= 4 is 22.9 Å². The summed E-state index contributed by atoms with van der Waals surface area (Å²) >= 11 is 0. The van der Waals surface area contributed by atoms with Crippen molar-refractivity contribution in [3.8, 4) is 0 Å². The van der Waals surface area contributed by atoms with Gasteiger partial charge in [0.1, 0.15) is 11.5 Å². The molecule has 3 aromatic rings. The molecule has 5 rings (SSSR count). The summed E-state index contributed by atoms with van der Waals surface area (Å²) in [5.74, 6) is 0.156. The average Bonchev–Trinajstić information content (AvgIpc) is 3.35. The number of hydrogen-bond acceptors (Lipinski definition) is 2. The number of nitrogens with zero attached hydrogens (tertiary/aromatic N) is 2. The Labute approximate surface area is 288 Å². The third-order valence-electron chi connectivity index (χ3n) is 7.09. The van der Waals surface area contributed by atoms with Crippen LogP contribution in [0.4, 0.5) is 11.4 Å². The fourth-order valence-electron chi connectivity index (χ4n) is 5.25. The van der Waals surface area contributed by atoms with E-state index >= 15 is 0 Å². The van der Waals surface area contributed by atoms with E-state index in [9.17, 15) is 4.79 Å². The van der Waals surface area contributed by atoms with Gasteiger partial charge in [0.2, 0.25) is 0 Å². The fourth-order valence-corrected chi connectivity index (χ4v) is 5.25. The molecule has 1 radical (unpaired) electrons. The Balaban J connectivity index is 0.00000116. The summed E-state index contributed by atoms with van der Waals surface area (Å²) in [7, 11) is 4.29.